The third kappa shape index (κ3) is 13.1. The van der Waals surface area contributed by atoms with Gasteiger partial charge in [0.25, 0.3) is 0 Å². The van der Waals surface area contributed by atoms with Crippen molar-refractivity contribution in [3.8, 4) is 22.3 Å². The molecule has 0 bridgehead atoms. The van der Waals surface area contributed by atoms with Crippen LogP contribution in [-0.2, 0) is 24.8 Å². The van der Waals surface area contributed by atoms with E-state index in [2.05, 4.69) is 40.2 Å². The average Bonchev–Trinajstić information content (AvgIpc) is 3.93. The van der Waals surface area contributed by atoms with Gasteiger partial charge in [-0.3, -0.25) is 14.2 Å². The van der Waals surface area contributed by atoms with Crippen LogP contribution >= 0.6 is 23.2 Å². The zero-order valence-electron chi connectivity index (χ0n) is 36.8. The highest BCUT2D eigenvalue weighted by Gasteiger charge is 2.19. The fourth-order valence-electron chi connectivity index (χ4n) is 6.94. The second-order valence-electron chi connectivity index (χ2n) is 15.3. The Morgan fingerprint density at radius 1 is 0.621 bits per heavy atom. The number of rotatable bonds is 13. The molecule has 4 aromatic carbocycles. The quantitative estimate of drug-likeness (QED) is 0.0643. The normalized spacial score (nSPS) is 11.3. The summed E-state index contributed by atoms with van der Waals surface area (Å²) in [6, 6.07) is 31.0. The number of aromatic amines is 2. The van der Waals surface area contributed by atoms with Crippen molar-refractivity contribution < 1.29 is 31.2 Å². The summed E-state index contributed by atoms with van der Waals surface area (Å²) in [7, 11) is -5.53. The van der Waals surface area contributed by atoms with E-state index >= 15 is 0 Å². The highest BCUT2D eigenvalue weighted by molar-refractivity contribution is 7.92. The summed E-state index contributed by atoms with van der Waals surface area (Å²) < 4.78 is 57.2. The van der Waals surface area contributed by atoms with Gasteiger partial charge in [0, 0.05) is 79.2 Å². The predicted octanol–water partition coefficient (Wildman–Crippen LogP) is 11.4. The number of carbonyl (C=O) groups excluding carboxylic acids is 2. The summed E-state index contributed by atoms with van der Waals surface area (Å²) >= 11 is 11.8. The van der Waals surface area contributed by atoms with Crippen LogP contribution in [0, 0.1) is 13.8 Å². The Balaban J connectivity index is 0.000000179. The number of nitrogens with zero attached hydrogens (tertiary/aromatic N) is 2. The van der Waals surface area contributed by atoms with Gasteiger partial charge in [0.05, 0.1) is 24.2 Å². The zero-order valence-corrected chi connectivity index (χ0v) is 39.9. The minimum atomic E-state index is -3.46. The van der Waals surface area contributed by atoms with Crippen molar-refractivity contribution in [3.05, 3.63) is 166 Å². The van der Waals surface area contributed by atoms with Gasteiger partial charge in [0.15, 0.2) is 5.78 Å². The molecule has 4 aromatic heterocycles. The number of nitrogens with one attached hydrogen (secondary N) is 4. The number of pyridine rings is 2. The number of fused-ring (bicyclic) bond motifs is 2. The second-order valence-corrected chi connectivity index (χ2v) is 19.9. The van der Waals surface area contributed by atoms with Crippen LogP contribution in [0.2, 0.25) is 10.0 Å². The molecule has 17 heteroatoms. The van der Waals surface area contributed by atoms with E-state index in [0.29, 0.717) is 57.0 Å². The highest BCUT2D eigenvalue weighted by atomic mass is 35.5. The number of methoxy groups -OCH3 is 1. The Labute approximate surface area is 394 Å². The first-order chi connectivity index (χ1) is 31.5. The number of H-pyrrole nitrogens is 2. The first-order valence-corrected chi connectivity index (χ1v) is 24.8. The second kappa shape index (κ2) is 21.6. The van der Waals surface area contributed by atoms with Crippen molar-refractivity contribution in [1.82, 2.24) is 19.9 Å². The van der Waals surface area contributed by atoms with Crippen molar-refractivity contribution in [1.29, 1.82) is 0 Å². The van der Waals surface area contributed by atoms with E-state index in [9.17, 15) is 26.4 Å². The first kappa shape index (κ1) is 48.9. The Morgan fingerprint density at radius 2 is 1.12 bits per heavy atom. The van der Waals surface area contributed by atoms with E-state index in [-0.39, 0.29) is 17.3 Å². The van der Waals surface area contributed by atoms with E-state index in [1.54, 1.807) is 75.6 Å². The average molecular weight is 968 g/mol. The Hall–Kier alpha value is -6.52. The number of aromatic nitrogens is 4. The molecule has 0 aliphatic heterocycles. The molecule has 0 aliphatic carbocycles. The Morgan fingerprint density at radius 3 is 1.65 bits per heavy atom. The summed E-state index contributed by atoms with van der Waals surface area (Å²) in [6.07, 6.45) is 8.17. The number of ether oxygens (including phenoxy) is 1. The lowest BCUT2D eigenvalue weighted by Gasteiger charge is -2.10. The molecular formula is C49H48Cl2N6O7S2. The van der Waals surface area contributed by atoms with E-state index in [0.717, 1.165) is 49.4 Å². The molecule has 8 rings (SSSR count). The number of hydrogen-bond donors (Lipinski definition) is 4. The Kier molecular flexibility index (Phi) is 16.0. The van der Waals surface area contributed by atoms with Crippen molar-refractivity contribution in [2.24, 2.45) is 0 Å². The van der Waals surface area contributed by atoms with Gasteiger partial charge in [0.2, 0.25) is 20.0 Å². The van der Waals surface area contributed by atoms with Crippen molar-refractivity contribution in [3.63, 3.8) is 0 Å². The van der Waals surface area contributed by atoms with Crippen LogP contribution in [0.3, 0.4) is 0 Å². The van der Waals surface area contributed by atoms with E-state index in [1.807, 2.05) is 67.8 Å². The highest BCUT2D eigenvalue weighted by Crippen LogP contribution is 2.29. The molecule has 0 saturated heterocycles. The van der Waals surface area contributed by atoms with Crippen LogP contribution in [0.1, 0.15) is 64.1 Å². The maximum atomic E-state index is 13.4. The van der Waals surface area contributed by atoms with E-state index in [4.69, 9.17) is 23.2 Å². The lowest BCUT2D eigenvalue weighted by atomic mass is 9.99. The third-order valence-electron chi connectivity index (χ3n) is 9.86. The van der Waals surface area contributed by atoms with Gasteiger partial charge in [-0.05, 0) is 128 Å². The molecule has 0 aliphatic rings. The van der Waals surface area contributed by atoms with E-state index < -0.39 is 26.0 Å². The van der Waals surface area contributed by atoms with Gasteiger partial charge in [-0.2, -0.15) is 0 Å². The van der Waals surface area contributed by atoms with Gasteiger partial charge in [-0.1, -0.05) is 61.3 Å². The largest absolute Gasteiger partial charge is 0.465 e. The fourth-order valence-corrected chi connectivity index (χ4v) is 9.42. The summed E-state index contributed by atoms with van der Waals surface area (Å²) in [5.74, 6) is -0.638. The van der Waals surface area contributed by atoms with E-state index in [1.165, 1.54) is 13.2 Å². The van der Waals surface area contributed by atoms with Gasteiger partial charge in [0.1, 0.15) is 11.3 Å². The maximum absolute atomic E-state index is 13.4. The molecule has 4 N–H and O–H groups in total. The summed E-state index contributed by atoms with van der Waals surface area (Å²) in [5, 5.41) is 3.20. The smallest absolute Gasteiger partial charge is 0.337 e. The molecule has 13 nitrogen and oxygen atoms in total. The molecule has 0 fully saturated rings. The zero-order chi connectivity index (χ0) is 47.6. The molecule has 0 unspecified atom stereocenters. The van der Waals surface area contributed by atoms with Gasteiger partial charge >= 0.3 is 5.97 Å². The summed E-state index contributed by atoms with van der Waals surface area (Å²) in [5.41, 5.74) is 9.05. The number of aryl methyl sites for hydroxylation is 2. The molecule has 0 amide bonds. The van der Waals surface area contributed by atoms with Gasteiger partial charge in [-0.15, -0.1) is 0 Å². The van der Waals surface area contributed by atoms with Crippen LogP contribution in [0.5, 0.6) is 0 Å². The molecule has 66 heavy (non-hydrogen) atoms. The van der Waals surface area contributed by atoms with Crippen molar-refractivity contribution in [2.75, 3.05) is 28.1 Å². The van der Waals surface area contributed by atoms with Crippen LogP contribution < -0.4 is 9.44 Å². The molecule has 4 heterocycles. The number of hydrogen-bond acceptors (Lipinski definition) is 9. The number of halogens is 2. The van der Waals surface area contributed by atoms with Crippen LogP contribution in [0.4, 0.5) is 11.4 Å². The monoisotopic (exact) mass is 966 g/mol. The number of anilines is 2. The molecule has 0 radical (unpaired) electrons. The van der Waals surface area contributed by atoms with Crippen LogP contribution in [0.25, 0.3) is 44.3 Å². The van der Waals surface area contributed by atoms with Crippen LogP contribution in [-0.4, -0.2) is 67.1 Å². The minimum absolute atomic E-state index is 0.0197. The maximum Gasteiger partial charge on any atom is 0.337 e. The molecule has 342 valence electrons. The van der Waals surface area contributed by atoms with Crippen molar-refractivity contribution in [2.45, 2.75) is 40.5 Å². The van der Waals surface area contributed by atoms with Crippen LogP contribution in [0.15, 0.2) is 128 Å². The summed E-state index contributed by atoms with van der Waals surface area (Å²) in [6.45, 7) is 7.19. The molecule has 8 aromatic rings. The molecule has 0 saturated carbocycles. The number of ketones is 1. The number of esters is 1. The number of benzene rings is 4. The minimum Gasteiger partial charge on any atom is -0.465 e. The SMILES string of the molecule is CCCS(=O)(=O)Nc1cc(C)cc(C(=O)OC)c1.CCCS(=O)(=O)Nc1cc(C)cc(C(=O)c2c[nH]c3ncc(-c4ccc(Cl)cc4)cc23)c1.Clc1ccc(-c2cnc3[nH]ccc3c2)cc1. The number of sulfonamides is 2. The van der Waals surface area contributed by atoms with Gasteiger partial charge < -0.3 is 14.7 Å². The molecule has 0 spiro atoms. The lowest BCUT2D eigenvalue weighted by Crippen LogP contribution is -2.16. The molecule has 0 atom stereocenters. The fraction of sp³-hybridized carbons (Fsp3) is 0.184. The van der Waals surface area contributed by atoms with Crippen molar-refractivity contribution >= 4 is 88.4 Å². The predicted molar refractivity (Wildman–Crippen MR) is 266 cm³/mol. The Bertz CT molecular complexity index is 3230. The van der Waals surface area contributed by atoms with Gasteiger partial charge in [-0.25, -0.2) is 31.6 Å². The third-order valence-corrected chi connectivity index (χ3v) is 13.4. The standard InChI is InChI=1S/C24H22ClN3O3S.C13H9ClN2.C12H17NO4S/c1-3-8-32(30,31)28-20-10-15(2)9-17(11-20)23(29)22-14-27-24-21(22)12-18(13-26-24)16-4-6-19(25)7-5-16;14-12-3-1-9(2-4-12)11-7-10-5-6-15-13(10)16-8-11;1-4-5-18(15,16)13-11-7-9(2)6-10(8-11)12(14)17-3/h4-7,9-14,28H,3,8H2,1-2H3,(H,26,27);1-8H,(H,15,16);6-8,13H,4-5H2,1-3H3. The first-order valence-electron chi connectivity index (χ1n) is 20.8. The topological polar surface area (TPSA) is 193 Å². The lowest BCUT2D eigenvalue weighted by molar-refractivity contribution is 0.0600. The molecular weight excluding hydrogens is 920 g/mol. The summed E-state index contributed by atoms with van der Waals surface area (Å²) in [4.78, 5) is 39.7. The number of carbonyl (C=O) groups is 2.